The monoisotopic (exact) mass is 376 g/mol. The number of aliphatic carboxylic acids is 1. The topological polar surface area (TPSA) is 87.2 Å². The molecule has 1 fully saturated rings. The van der Waals surface area contributed by atoms with Crippen LogP contribution in [0, 0.1) is 0 Å². The van der Waals surface area contributed by atoms with Crippen LogP contribution in [0.15, 0.2) is 24.3 Å². The van der Waals surface area contributed by atoms with Crippen molar-refractivity contribution in [3.63, 3.8) is 0 Å². The average Bonchev–Trinajstić information content (AvgIpc) is 2.48. The molecule has 0 bridgehead atoms. The van der Waals surface area contributed by atoms with Crippen LogP contribution in [0.3, 0.4) is 0 Å². The molecule has 1 heterocycles. The van der Waals surface area contributed by atoms with Crippen molar-refractivity contribution in [1.29, 1.82) is 0 Å². The molecule has 0 spiro atoms. The molecule has 1 aromatic rings. The van der Waals surface area contributed by atoms with Gasteiger partial charge in [0.25, 0.3) is 0 Å². The van der Waals surface area contributed by atoms with Gasteiger partial charge in [-0.15, -0.1) is 0 Å². The Bertz CT molecular complexity index is 682. The smallest absolute Gasteiger partial charge is 0.318 e. The molecule has 0 aromatic heterocycles. The largest absolute Gasteiger partial charge is 0.480 e. The van der Waals surface area contributed by atoms with Gasteiger partial charge in [0.15, 0.2) is 0 Å². The van der Waals surface area contributed by atoms with E-state index in [2.05, 4.69) is 4.90 Å². The highest BCUT2D eigenvalue weighted by Crippen LogP contribution is 2.19. The first-order valence-electron chi connectivity index (χ1n) is 7.50. The molecule has 0 amide bonds. The molecule has 1 N–H and O–H groups in total. The second kappa shape index (κ2) is 8.26. The number of rotatable bonds is 7. The molecule has 9 heteroatoms. The van der Waals surface area contributed by atoms with E-state index in [1.54, 1.807) is 0 Å². The van der Waals surface area contributed by atoms with Gasteiger partial charge in [-0.3, -0.25) is 9.69 Å². The number of nitrogens with zero attached hydrogens (tertiary/aromatic N) is 2. The number of carboxylic acids is 1. The number of morpholine rings is 1. The number of halogens is 1. The maximum atomic E-state index is 11.7. The molecule has 1 saturated heterocycles. The summed E-state index contributed by atoms with van der Waals surface area (Å²) < 4.78 is 30.0. The lowest BCUT2D eigenvalue weighted by atomic mass is 10.2. The van der Waals surface area contributed by atoms with Crippen molar-refractivity contribution in [2.75, 3.05) is 39.0 Å². The Labute approximate surface area is 146 Å². The van der Waals surface area contributed by atoms with Gasteiger partial charge in [0, 0.05) is 31.2 Å². The summed E-state index contributed by atoms with van der Waals surface area (Å²) in [5.74, 6) is -1.19. The summed E-state index contributed by atoms with van der Waals surface area (Å²) in [5.41, 5.74) is 0.991. The highest BCUT2D eigenvalue weighted by molar-refractivity contribution is 7.88. The molecule has 2 rings (SSSR count). The second-order valence-electron chi connectivity index (χ2n) is 5.77. The first-order chi connectivity index (χ1) is 11.3. The summed E-state index contributed by atoms with van der Waals surface area (Å²) in [6.45, 7) is 1.76. The van der Waals surface area contributed by atoms with Crippen LogP contribution in [0.5, 0.6) is 0 Å². The van der Waals surface area contributed by atoms with Crippen molar-refractivity contribution in [3.05, 3.63) is 34.9 Å². The van der Waals surface area contributed by atoms with Crippen molar-refractivity contribution in [2.24, 2.45) is 0 Å². The fourth-order valence-electron chi connectivity index (χ4n) is 2.60. The lowest BCUT2D eigenvalue weighted by Gasteiger charge is -2.35. The lowest BCUT2D eigenvalue weighted by Crippen LogP contribution is -2.49. The molecular weight excluding hydrogens is 356 g/mol. The number of hydrogen-bond acceptors (Lipinski definition) is 5. The van der Waals surface area contributed by atoms with Gasteiger partial charge in [-0.05, 0) is 11.6 Å². The molecule has 0 aliphatic carbocycles. The lowest BCUT2D eigenvalue weighted by molar-refractivity contribution is -0.137. The maximum Gasteiger partial charge on any atom is 0.318 e. The summed E-state index contributed by atoms with van der Waals surface area (Å²) in [4.78, 5) is 13.0. The first kappa shape index (κ1) is 19.1. The predicted octanol–water partition coefficient (Wildman–Crippen LogP) is 0.887. The van der Waals surface area contributed by atoms with E-state index >= 15 is 0 Å². The van der Waals surface area contributed by atoms with E-state index in [9.17, 15) is 13.2 Å². The van der Waals surface area contributed by atoms with E-state index < -0.39 is 22.5 Å². The molecule has 134 valence electrons. The van der Waals surface area contributed by atoms with Crippen molar-refractivity contribution >= 4 is 27.6 Å². The van der Waals surface area contributed by atoms with Gasteiger partial charge in [-0.1, -0.05) is 29.8 Å². The standard InChI is InChI=1S/C15H21ClN2O5S/c1-24(21,22)18(11-15(19)20)10-13-9-17(6-7-23-13)8-12-4-2-3-5-14(12)16/h2-5,13H,6-11H2,1H3,(H,19,20). The maximum absolute atomic E-state index is 11.7. The number of hydrogen-bond donors (Lipinski definition) is 1. The molecule has 24 heavy (non-hydrogen) atoms. The van der Waals surface area contributed by atoms with Gasteiger partial charge in [-0.25, -0.2) is 8.42 Å². The minimum Gasteiger partial charge on any atom is -0.480 e. The fraction of sp³-hybridized carbons (Fsp3) is 0.533. The highest BCUT2D eigenvalue weighted by atomic mass is 35.5. The van der Waals surface area contributed by atoms with E-state index in [0.717, 1.165) is 16.1 Å². The van der Waals surface area contributed by atoms with Crippen LogP contribution < -0.4 is 0 Å². The SMILES string of the molecule is CS(=O)(=O)N(CC(=O)O)CC1CN(Cc2ccccc2Cl)CCO1. The molecule has 7 nitrogen and oxygen atoms in total. The Hall–Kier alpha value is -1.19. The van der Waals surface area contributed by atoms with Crippen molar-refractivity contribution in [3.8, 4) is 0 Å². The second-order valence-corrected chi connectivity index (χ2v) is 8.16. The van der Waals surface area contributed by atoms with Crippen molar-refractivity contribution < 1.29 is 23.1 Å². The third kappa shape index (κ3) is 5.71. The normalized spacial score (nSPS) is 19.5. The molecular formula is C15H21ClN2O5S. The minimum absolute atomic E-state index is 0.0180. The third-order valence-electron chi connectivity index (χ3n) is 3.76. The zero-order valence-electron chi connectivity index (χ0n) is 13.4. The Kier molecular flexibility index (Phi) is 6.59. The summed E-state index contributed by atoms with van der Waals surface area (Å²) in [6.07, 6.45) is 0.621. The molecule has 1 aliphatic heterocycles. The molecule has 1 aliphatic rings. The van der Waals surface area contributed by atoms with Crippen LogP contribution in [0.2, 0.25) is 5.02 Å². The summed E-state index contributed by atoms with van der Waals surface area (Å²) in [5, 5.41) is 9.57. The van der Waals surface area contributed by atoms with E-state index in [1.807, 2.05) is 24.3 Å². The van der Waals surface area contributed by atoms with Gasteiger partial charge in [0.05, 0.1) is 19.0 Å². The van der Waals surface area contributed by atoms with Crippen LogP contribution in [0.25, 0.3) is 0 Å². The minimum atomic E-state index is -3.61. The number of carbonyl (C=O) groups is 1. The number of sulfonamides is 1. The van der Waals surface area contributed by atoms with Crippen LogP contribution in [0.1, 0.15) is 5.56 Å². The highest BCUT2D eigenvalue weighted by Gasteiger charge is 2.28. The summed E-state index contributed by atoms with van der Waals surface area (Å²) in [7, 11) is -3.61. The molecule has 0 radical (unpaired) electrons. The van der Waals surface area contributed by atoms with Crippen LogP contribution in [-0.2, 0) is 26.1 Å². The molecule has 1 aromatic carbocycles. The summed E-state index contributed by atoms with van der Waals surface area (Å²) in [6, 6.07) is 7.55. The van der Waals surface area contributed by atoms with Crippen LogP contribution in [-0.4, -0.2) is 73.8 Å². The van der Waals surface area contributed by atoms with Crippen LogP contribution >= 0.6 is 11.6 Å². The third-order valence-corrected chi connectivity index (χ3v) is 5.35. The Morgan fingerprint density at radius 1 is 1.46 bits per heavy atom. The Morgan fingerprint density at radius 2 is 2.17 bits per heavy atom. The van der Waals surface area contributed by atoms with E-state index in [4.69, 9.17) is 21.4 Å². The number of carboxylic acid groups (broad SMARTS) is 1. The Morgan fingerprint density at radius 3 is 2.79 bits per heavy atom. The van der Waals surface area contributed by atoms with Gasteiger partial charge in [-0.2, -0.15) is 4.31 Å². The van der Waals surface area contributed by atoms with E-state index in [0.29, 0.717) is 31.3 Å². The van der Waals surface area contributed by atoms with Crippen LogP contribution in [0.4, 0.5) is 0 Å². The number of benzene rings is 1. The number of ether oxygens (including phenoxy) is 1. The average molecular weight is 377 g/mol. The van der Waals surface area contributed by atoms with Crippen molar-refractivity contribution in [1.82, 2.24) is 9.21 Å². The Balaban J connectivity index is 1.99. The quantitative estimate of drug-likeness (QED) is 0.760. The van der Waals surface area contributed by atoms with Gasteiger partial charge in [0.1, 0.15) is 6.54 Å². The zero-order valence-corrected chi connectivity index (χ0v) is 15.0. The van der Waals surface area contributed by atoms with Gasteiger partial charge in [0.2, 0.25) is 10.0 Å². The first-order valence-corrected chi connectivity index (χ1v) is 9.72. The van der Waals surface area contributed by atoms with E-state index in [-0.39, 0.29) is 12.6 Å². The molecule has 1 unspecified atom stereocenters. The van der Waals surface area contributed by atoms with Gasteiger partial charge >= 0.3 is 5.97 Å². The molecule has 1 atom stereocenters. The summed E-state index contributed by atoms with van der Waals surface area (Å²) >= 11 is 6.17. The molecule has 0 saturated carbocycles. The van der Waals surface area contributed by atoms with Crippen molar-refractivity contribution in [2.45, 2.75) is 12.6 Å². The fourth-order valence-corrected chi connectivity index (χ4v) is 3.57. The predicted molar refractivity (Wildman–Crippen MR) is 90.5 cm³/mol. The zero-order chi connectivity index (χ0) is 17.7. The van der Waals surface area contributed by atoms with E-state index in [1.165, 1.54) is 0 Å². The van der Waals surface area contributed by atoms with Gasteiger partial charge < -0.3 is 9.84 Å².